The first kappa shape index (κ1) is 48.0. The minimum absolute atomic E-state index is 0.0516. The van der Waals surface area contributed by atoms with Crippen LogP contribution in [0.25, 0.3) is 0 Å². The number of aliphatic hydroxyl groups excluding tert-OH is 2. The van der Waals surface area contributed by atoms with Gasteiger partial charge in [-0.1, -0.05) is 34.6 Å². The Bertz CT molecular complexity index is 1080. The number of nitrogens with zero attached hydrogens (tertiary/aromatic N) is 1. The number of ether oxygens (including phenoxy) is 2. The molecule has 2 amide bonds. The summed E-state index contributed by atoms with van der Waals surface area (Å²) in [7, 11) is 2.97. The zero-order valence-corrected chi connectivity index (χ0v) is 30.0. The predicted molar refractivity (Wildman–Crippen MR) is 183 cm³/mol. The summed E-state index contributed by atoms with van der Waals surface area (Å²) in [5, 5.41) is 31.9. The van der Waals surface area contributed by atoms with Crippen molar-refractivity contribution in [1.29, 1.82) is 0 Å². The van der Waals surface area contributed by atoms with Crippen LogP contribution >= 0.6 is 12.6 Å². The molecule has 1 fully saturated rings. The van der Waals surface area contributed by atoms with Crippen LogP contribution in [-0.4, -0.2) is 98.0 Å². The van der Waals surface area contributed by atoms with Gasteiger partial charge in [-0.25, -0.2) is 0 Å². The molecule has 47 heavy (non-hydrogen) atoms. The normalized spacial score (nSPS) is 12.4. The Morgan fingerprint density at radius 2 is 1.55 bits per heavy atom. The first-order chi connectivity index (χ1) is 21.9. The zero-order chi connectivity index (χ0) is 37.2. The molecule has 0 bridgehead atoms. The molecule has 0 spiro atoms. The summed E-state index contributed by atoms with van der Waals surface area (Å²) in [5.41, 5.74) is -1.15. The van der Waals surface area contributed by atoms with Gasteiger partial charge in [-0.15, -0.1) is 4.91 Å². The number of carbonyl (C=O) groups excluding carboxylic acids is 4. The third-order valence-electron chi connectivity index (χ3n) is 6.14. The Balaban J connectivity index is -0.000000617. The van der Waals surface area contributed by atoms with Crippen molar-refractivity contribution in [3.05, 3.63) is 28.7 Å². The highest BCUT2D eigenvalue weighted by atomic mass is 32.1. The average molecular weight is 690 g/mol. The second-order valence-electron chi connectivity index (χ2n) is 12.0. The number of hydrogen-bond donors (Lipinski definition) is 6. The molecule has 0 radical (unpaired) electrons. The summed E-state index contributed by atoms with van der Waals surface area (Å²) in [6, 6.07) is 4.46. The van der Waals surface area contributed by atoms with Crippen LogP contribution in [0.15, 0.2) is 23.4 Å². The molecule has 1 aliphatic rings. The lowest BCUT2D eigenvalue weighted by atomic mass is 9.87. The monoisotopic (exact) mass is 689 g/mol. The Labute approximate surface area is 283 Å². The SMILES string of the molecule is CC(C)(C(=O)N=O)C1CC1.CC(C)(CO)C(=O)O.CC(S)CNC(=O)COc1cc(C=O)cc(OCC=O)c1.CNCC(C)C.CO. The molecular weight excluding hydrogens is 634 g/mol. The molecule has 1 aromatic carbocycles. The van der Waals surface area contributed by atoms with E-state index in [0.717, 1.165) is 32.4 Å². The Hall–Kier alpha value is -3.40. The highest BCUT2D eigenvalue weighted by Crippen LogP contribution is 2.45. The summed E-state index contributed by atoms with van der Waals surface area (Å²) in [4.78, 5) is 63.4. The molecular formula is C32H55N3O11S. The summed E-state index contributed by atoms with van der Waals surface area (Å²) in [5.74, 6) is 0.0612. The van der Waals surface area contributed by atoms with E-state index in [1.165, 1.54) is 32.0 Å². The van der Waals surface area contributed by atoms with Crippen LogP contribution in [0.1, 0.15) is 71.7 Å². The molecule has 5 N–H and O–H groups in total. The maximum absolute atomic E-state index is 11.5. The molecule has 1 unspecified atom stereocenters. The standard InChI is InChI=1S/C14H17NO5S.C7H11NO2.C5H13N.C5H10O3.CH4O/c1-10(21)7-15-14(18)9-20-13-5-11(8-17)4-12(6-13)19-3-2-16;1-7(2,5-3-4-5)6(9)8-10;1-5(2)4-6-3;1-5(2,3-6)4(7)8;1-2/h2,4-6,8,10,21H,3,7,9H2,1H3,(H,15,18);5H,3-4H2,1-2H3;5-6H,4H2,1-3H3;6H,3H2,1-2H3,(H,7,8);2H,1H3. The Kier molecular flexibility index (Phi) is 27.2. The van der Waals surface area contributed by atoms with Crippen molar-refractivity contribution in [1.82, 2.24) is 10.6 Å². The third-order valence-corrected chi connectivity index (χ3v) is 6.32. The van der Waals surface area contributed by atoms with Gasteiger partial charge in [0.25, 0.3) is 11.8 Å². The average Bonchev–Trinajstić information content (AvgIpc) is 3.89. The van der Waals surface area contributed by atoms with E-state index < -0.39 is 22.7 Å². The summed E-state index contributed by atoms with van der Waals surface area (Å²) >= 11 is 4.14. The maximum Gasteiger partial charge on any atom is 0.311 e. The number of hydrogen-bond acceptors (Lipinski definition) is 12. The van der Waals surface area contributed by atoms with Crippen LogP contribution in [0, 0.1) is 27.6 Å². The molecule has 0 heterocycles. The molecule has 1 aliphatic carbocycles. The van der Waals surface area contributed by atoms with E-state index in [4.69, 9.17) is 24.8 Å². The number of carbonyl (C=O) groups is 5. The molecule has 0 saturated heterocycles. The molecule has 1 aromatic rings. The second-order valence-corrected chi connectivity index (χ2v) is 12.8. The quantitative estimate of drug-likeness (QED) is 0.0889. The van der Waals surface area contributed by atoms with Crippen LogP contribution in [0.5, 0.6) is 11.5 Å². The van der Waals surface area contributed by atoms with E-state index in [-0.39, 0.29) is 31.0 Å². The lowest BCUT2D eigenvalue weighted by Gasteiger charge is -2.16. The maximum atomic E-state index is 11.5. The van der Waals surface area contributed by atoms with E-state index in [1.54, 1.807) is 13.8 Å². The fraction of sp³-hybridized carbons (Fsp3) is 0.656. The number of aldehydes is 2. The summed E-state index contributed by atoms with van der Waals surface area (Å²) in [6.07, 6.45) is 3.35. The highest BCUT2D eigenvalue weighted by molar-refractivity contribution is 7.80. The van der Waals surface area contributed by atoms with Crippen LogP contribution in [0.3, 0.4) is 0 Å². The lowest BCUT2D eigenvalue weighted by Crippen LogP contribution is -2.32. The number of aliphatic carboxylic acids is 1. The van der Waals surface area contributed by atoms with Crippen LogP contribution in [-0.2, 0) is 19.2 Å². The number of nitrogens with one attached hydrogen (secondary N) is 2. The molecule has 1 atom stereocenters. The Morgan fingerprint density at radius 1 is 1.02 bits per heavy atom. The van der Waals surface area contributed by atoms with Crippen molar-refractivity contribution >= 4 is 43.0 Å². The van der Waals surface area contributed by atoms with Crippen LogP contribution in [0.4, 0.5) is 0 Å². The number of carboxylic acids is 1. The number of carboxylic acid groups (broad SMARTS) is 1. The fourth-order valence-electron chi connectivity index (χ4n) is 2.99. The van der Waals surface area contributed by atoms with Gasteiger partial charge in [0, 0.05) is 35.7 Å². The van der Waals surface area contributed by atoms with Crippen molar-refractivity contribution in [2.45, 2.75) is 66.6 Å². The zero-order valence-electron chi connectivity index (χ0n) is 29.1. The van der Waals surface area contributed by atoms with Gasteiger partial charge in [0.1, 0.15) is 24.4 Å². The highest BCUT2D eigenvalue weighted by Gasteiger charge is 2.43. The first-order valence-electron chi connectivity index (χ1n) is 15.0. The lowest BCUT2D eigenvalue weighted by molar-refractivity contribution is -0.149. The summed E-state index contributed by atoms with van der Waals surface area (Å²) in [6.45, 7) is 13.7. The van der Waals surface area contributed by atoms with Crippen LogP contribution < -0.4 is 20.1 Å². The number of nitroso groups, excluding NO2 is 1. The van der Waals surface area contributed by atoms with Crippen molar-refractivity contribution < 1.29 is 48.8 Å². The third kappa shape index (κ3) is 24.4. The molecule has 15 heteroatoms. The van der Waals surface area contributed by atoms with E-state index in [1.807, 2.05) is 14.0 Å². The first-order valence-corrected chi connectivity index (χ1v) is 15.5. The smallest absolute Gasteiger partial charge is 0.311 e. The molecule has 14 nitrogen and oxygen atoms in total. The van der Waals surface area contributed by atoms with E-state index in [9.17, 15) is 28.9 Å². The van der Waals surface area contributed by atoms with Gasteiger partial charge in [0.2, 0.25) is 0 Å². The van der Waals surface area contributed by atoms with Crippen molar-refractivity contribution in [2.75, 3.05) is 47.1 Å². The van der Waals surface area contributed by atoms with Gasteiger partial charge < -0.3 is 35.4 Å². The summed E-state index contributed by atoms with van der Waals surface area (Å²) < 4.78 is 10.4. The Morgan fingerprint density at radius 3 is 1.87 bits per heavy atom. The van der Waals surface area contributed by atoms with Crippen molar-refractivity contribution in [3.8, 4) is 11.5 Å². The van der Waals surface area contributed by atoms with Gasteiger partial charge in [0.05, 0.1) is 17.4 Å². The molecule has 1 saturated carbocycles. The van der Waals surface area contributed by atoms with Crippen LogP contribution in [0.2, 0.25) is 0 Å². The van der Waals surface area contributed by atoms with Gasteiger partial charge in [-0.2, -0.15) is 12.6 Å². The van der Waals surface area contributed by atoms with Gasteiger partial charge in [-0.3, -0.25) is 24.0 Å². The van der Waals surface area contributed by atoms with E-state index >= 15 is 0 Å². The minimum atomic E-state index is -0.986. The van der Waals surface area contributed by atoms with E-state index in [0.29, 0.717) is 42.1 Å². The van der Waals surface area contributed by atoms with Crippen molar-refractivity contribution in [3.63, 3.8) is 0 Å². The van der Waals surface area contributed by atoms with Crippen molar-refractivity contribution in [2.24, 2.45) is 27.8 Å². The fourth-order valence-corrected chi connectivity index (χ4v) is 3.08. The second kappa shape index (κ2) is 26.6. The predicted octanol–water partition coefficient (Wildman–Crippen LogP) is 3.17. The minimum Gasteiger partial charge on any atom is -0.486 e. The molecule has 0 aliphatic heterocycles. The molecule has 0 aromatic heterocycles. The number of benzene rings is 1. The van der Waals surface area contributed by atoms with E-state index in [2.05, 4.69) is 42.3 Å². The number of amides is 2. The van der Waals surface area contributed by atoms with Gasteiger partial charge >= 0.3 is 5.97 Å². The molecule has 2 rings (SSSR count). The number of rotatable bonds is 15. The van der Waals surface area contributed by atoms with Gasteiger partial charge in [0.15, 0.2) is 12.9 Å². The van der Waals surface area contributed by atoms with Gasteiger partial charge in [-0.05, 0) is 64.3 Å². The largest absolute Gasteiger partial charge is 0.486 e. The topological polar surface area (TPSA) is 218 Å². The number of thiol groups is 1. The number of aliphatic hydroxyl groups is 2. The molecule has 270 valence electrons.